The third kappa shape index (κ3) is 3.17. The van der Waals surface area contributed by atoms with Crippen molar-refractivity contribution in [2.75, 3.05) is 0 Å². The summed E-state index contributed by atoms with van der Waals surface area (Å²) in [5, 5.41) is 20.0. The van der Waals surface area contributed by atoms with E-state index in [1.54, 1.807) is 13.8 Å². The molecule has 0 aromatic heterocycles. The highest BCUT2D eigenvalue weighted by Crippen LogP contribution is 2.54. The van der Waals surface area contributed by atoms with Crippen LogP contribution in [0.25, 0.3) is 0 Å². The lowest BCUT2D eigenvalue weighted by Crippen LogP contribution is -2.39. The van der Waals surface area contributed by atoms with Crippen molar-refractivity contribution in [2.24, 2.45) is 17.3 Å². The molecule has 0 amide bonds. The summed E-state index contributed by atoms with van der Waals surface area (Å²) in [6.07, 6.45) is 11.5. The van der Waals surface area contributed by atoms with Gasteiger partial charge in [-0.05, 0) is 63.2 Å². The molecule has 2 heteroatoms. The Balaban J connectivity index is 2.04. The molecule has 1 saturated carbocycles. The molecule has 20 heavy (non-hydrogen) atoms. The molecule has 0 aliphatic heterocycles. The van der Waals surface area contributed by atoms with E-state index in [1.165, 1.54) is 12.0 Å². The van der Waals surface area contributed by atoms with Crippen LogP contribution in [0.2, 0.25) is 0 Å². The Morgan fingerprint density at radius 3 is 2.85 bits per heavy atom. The highest BCUT2D eigenvalue weighted by molar-refractivity contribution is 5.26. The lowest BCUT2D eigenvalue weighted by molar-refractivity contribution is 0.00804. The molecule has 2 aliphatic carbocycles. The molecule has 0 aromatic rings. The molecule has 0 unspecified atom stereocenters. The zero-order valence-corrected chi connectivity index (χ0v) is 13.4. The summed E-state index contributed by atoms with van der Waals surface area (Å²) >= 11 is 0. The van der Waals surface area contributed by atoms with E-state index in [1.807, 2.05) is 6.08 Å². The van der Waals surface area contributed by atoms with Crippen LogP contribution in [0.5, 0.6) is 0 Å². The predicted molar refractivity (Wildman–Crippen MR) is 83.4 cm³/mol. The summed E-state index contributed by atoms with van der Waals surface area (Å²) in [5.41, 5.74) is 0.998. The van der Waals surface area contributed by atoms with Gasteiger partial charge in [-0.1, -0.05) is 37.6 Å². The van der Waals surface area contributed by atoms with Crippen molar-refractivity contribution in [1.82, 2.24) is 0 Å². The molecule has 0 heterocycles. The van der Waals surface area contributed by atoms with Gasteiger partial charge in [0.25, 0.3) is 0 Å². The maximum atomic E-state index is 10.2. The minimum atomic E-state index is -0.725. The van der Waals surface area contributed by atoms with Gasteiger partial charge in [-0.2, -0.15) is 0 Å². The average molecular weight is 278 g/mol. The summed E-state index contributed by atoms with van der Waals surface area (Å²) < 4.78 is 0. The fraction of sp³-hybridized carbons (Fsp3) is 0.778. The highest BCUT2D eigenvalue weighted by atomic mass is 16.3. The molecule has 0 spiro atoms. The summed E-state index contributed by atoms with van der Waals surface area (Å²) in [6.45, 7) is 8.22. The molecule has 0 aromatic carbocycles. The summed E-state index contributed by atoms with van der Waals surface area (Å²) in [6, 6.07) is 0. The third-order valence-corrected chi connectivity index (χ3v) is 5.28. The fourth-order valence-electron chi connectivity index (χ4n) is 4.20. The van der Waals surface area contributed by atoms with Crippen molar-refractivity contribution < 1.29 is 10.2 Å². The summed E-state index contributed by atoms with van der Waals surface area (Å²) in [4.78, 5) is 0. The van der Waals surface area contributed by atoms with Gasteiger partial charge < -0.3 is 10.2 Å². The van der Waals surface area contributed by atoms with Gasteiger partial charge in [-0.25, -0.2) is 0 Å². The van der Waals surface area contributed by atoms with E-state index >= 15 is 0 Å². The second-order valence-electron chi connectivity index (χ2n) is 7.57. The minimum Gasteiger partial charge on any atom is -0.393 e. The SMILES string of the molecule is C[C@@H](C/C=C\C(C)(C)O)C1=CC[C@H]2[C@@H](O)CCC[C@]12C. The molecule has 2 rings (SSSR count). The van der Waals surface area contributed by atoms with Gasteiger partial charge in [0.1, 0.15) is 0 Å². The first-order chi connectivity index (χ1) is 9.24. The van der Waals surface area contributed by atoms with Crippen LogP contribution in [-0.4, -0.2) is 21.9 Å². The van der Waals surface area contributed by atoms with Gasteiger partial charge in [0.2, 0.25) is 0 Å². The quantitative estimate of drug-likeness (QED) is 0.767. The summed E-state index contributed by atoms with van der Waals surface area (Å²) in [7, 11) is 0. The van der Waals surface area contributed by atoms with Crippen LogP contribution in [0.4, 0.5) is 0 Å². The molecule has 4 atom stereocenters. The summed E-state index contributed by atoms with van der Waals surface area (Å²) in [5.74, 6) is 0.917. The molecular weight excluding hydrogens is 248 g/mol. The van der Waals surface area contributed by atoms with E-state index in [0.717, 1.165) is 25.7 Å². The normalized spacial score (nSPS) is 36.0. The third-order valence-electron chi connectivity index (χ3n) is 5.28. The van der Waals surface area contributed by atoms with Crippen molar-refractivity contribution >= 4 is 0 Å². The van der Waals surface area contributed by atoms with E-state index in [-0.39, 0.29) is 11.5 Å². The molecule has 2 N–H and O–H groups in total. The van der Waals surface area contributed by atoms with Crippen molar-refractivity contribution in [1.29, 1.82) is 0 Å². The largest absolute Gasteiger partial charge is 0.393 e. The van der Waals surface area contributed by atoms with Crippen LogP contribution in [-0.2, 0) is 0 Å². The Morgan fingerprint density at radius 1 is 1.50 bits per heavy atom. The number of allylic oxidation sites excluding steroid dienone is 3. The average Bonchev–Trinajstić information content (AvgIpc) is 2.66. The van der Waals surface area contributed by atoms with E-state index in [4.69, 9.17) is 0 Å². The van der Waals surface area contributed by atoms with Gasteiger partial charge >= 0.3 is 0 Å². The van der Waals surface area contributed by atoms with Gasteiger partial charge in [-0.3, -0.25) is 0 Å². The molecule has 114 valence electrons. The Hall–Kier alpha value is -0.600. The highest BCUT2D eigenvalue weighted by Gasteiger charge is 2.47. The zero-order valence-electron chi connectivity index (χ0n) is 13.4. The number of rotatable bonds is 4. The van der Waals surface area contributed by atoms with E-state index in [2.05, 4.69) is 26.0 Å². The van der Waals surface area contributed by atoms with Crippen molar-refractivity contribution in [3.63, 3.8) is 0 Å². The fourth-order valence-corrected chi connectivity index (χ4v) is 4.20. The van der Waals surface area contributed by atoms with E-state index in [0.29, 0.717) is 11.8 Å². The Kier molecular flexibility index (Phi) is 4.46. The van der Waals surface area contributed by atoms with Crippen LogP contribution >= 0.6 is 0 Å². The molecule has 0 saturated heterocycles. The number of hydrogen-bond acceptors (Lipinski definition) is 2. The lowest BCUT2D eigenvalue weighted by Gasteiger charge is -2.43. The second kappa shape index (κ2) is 5.65. The molecule has 1 fully saturated rings. The van der Waals surface area contributed by atoms with E-state index in [9.17, 15) is 10.2 Å². The Bertz CT molecular complexity index is 402. The zero-order chi connectivity index (χ0) is 15.0. The first-order valence-corrected chi connectivity index (χ1v) is 8.03. The topological polar surface area (TPSA) is 40.5 Å². The minimum absolute atomic E-state index is 0.124. The van der Waals surface area contributed by atoms with Gasteiger partial charge in [-0.15, -0.1) is 0 Å². The molecule has 0 radical (unpaired) electrons. The maximum absolute atomic E-state index is 10.2. The first-order valence-electron chi connectivity index (χ1n) is 8.03. The van der Waals surface area contributed by atoms with Crippen LogP contribution < -0.4 is 0 Å². The Morgan fingerprint density at radius 2 is 2.20 bits per heavy atom. The molecular formula is C18H30O2. The standard InChI is InChI=1S/C18H30O2/c1-13(7-5-11-17(2,3)20)14-9-10-15-16(19)8-6-12-18(14,15)4/h5,9,11,13,15-16,19-20H,6-8,10,12H2,1-4H3/b11-5-/t13-,15-,16-,18+/m0/s1. The Labute approximate surface area is 123 Å². The van der Waals surface area contributed by atoms with Crippen molar-refractivity contribution in [2.45, 2.75) is 71.5 Å². The smallest absolute Gasteiger partial charge is 0.0771 e. The van der Waals surface area contributed by atoms with E-state index < -0.39 is 5.60 Å². The van der Waals surface area contributed by atoms with Crippen LogP contribution in [0, 0.1) is 17.3 Å². The first kappa shape index (κ1) is 15.8. The van der Waals surface area contributed by atoms with Gasteiger partial charge in [0.05, 0.1) is 11.7 Å². The monoisotopic (exact) mass is 278 g/mol. The second-order valence-corrected chi connectivity index (χ2v) is 7.57. The van der Waals surface area contributed by atoms with Gasteiger partial charge in [0.15, 0.2) is 0 Å². The molecule has 2 nitrogen and oxygen atoms in total. The lowest BCUT2D eigenvalue weighted by atomic mass is 9.63. The number of fused-ring (bicyclic) bond motifs is 1. The molecule has 2 aliphatic rings. The van der Waals surface area contributed by atoms with Gasteiger partial charge in [0, 0.05) is 0 Å². The maximum Gasteiger partial charge on any atom is 0.0771 e. The predicted octanol–water partition coefficient (Wildman–Crippen LogP) is 3.84. The van der Waals surface area contributed by atoms with Crippen LogP contribution in [0.3, 0.4) is 0 Å². The number of aliphatic hydroxyl groups is 2. The van der Waals surface area contributed by atoms with Crippen molar-refractivity contribution in [3.8, 4) is 0 Å². The number of hydrogen-bond donors (Lipinski definition) is 2. The van der Waals surface area contributed by atoms with Crippen LogP contribution in [0.15, 0.2) is 23.8 Å². The van der Waals surface area contributed by atoms with Crippen molar-refractivity contribution in [3.05, 3.63) is 23.8 Å². The number of aliphatic hydroxyl groups excluding tert-OH is 1. The molecule has 0 bridgehead atoms. The van der Waals surface area contributed by atoms with Crippen LogP contribution in [0.1, 0.15) is 59.8 Å².